The number of likely N-dealkylation sites (N-methyl/N-ethyl adjacent to an activating group) is 1. The van der Waals surface area contributed by atoms with Gasteiger partial charge in [0.15, 0.2) is 0 Å². The SMILES string of the molecule is Cc1cc(Cl)ccc1NC(=O)CN(C)CCCN. The molecule has 0 radical (unpaired) electrons. The van der Waals surface area contributed by atoms with E-state index in [1.54, 1.807) is 6.07 Å². The highest BCUT2D eigenvalue weighted by Crippen LogP contribution is 2.19. The van der Waals surface area contributed by atoms with E-state index in [9.17, 15) is 4.79 Å². The number of hydrogen-bond acceptors (Lipinski definition) is 3. The van der Waals surface area contributed by atoms with Crippen LogP contribution >= 0.6 is 11.6 Å². The third-order valence-corrected chi connectivity index (χ3v) is 2.86. The smallest absolute Gasteiger partial charge is 0.238 e. The topological polar surface area (TPSA) is 58.4 Å². The second-order valence-electron chi connectivity index (χ2n) is 4.39. The normalized spacial score (nSPS) is 10.7. The number of anilines is 1. The van der Waals surface area contributed by atoms with Crippen molar-refractivity contribution in [3.05, 3.63) is 28.8 Å². The molecule has 1 amide bonds. The van der Waals surface area contributed by atoms with Gasteiger partial charge in [-0.25, -0.2) is 0 Å². The quantitative estimate of drug-likeness (QED) is 0.829. The molecule has 0 atom stereocenters. The second kappa shape index (κ2) is 7.36. The molecule has 0 aromatic heterocycles. The van der Waals surface area contributed by atoms with Gasteiger partial charge in [0, 0.05) is 10.7 Å². The zero-order chi connectivity index (χ0) is 13.5. The van der Waals surface area contributed by atoms with Crippen LogP contribution in [0.5, 0.6) is 0 Å². The average Bonchev–Trinajstić information content (AvgIpc) is 2.30. The van der Waals surface area contributed by atoms with Crippen LogP contribution in [0, 0.1) is 6.92 Å². The highest BCUT2D eigenvalue weighted by Gasteiger charge is 2.08. The van der Waals surface area contributed by atoms with Gasteiger partial charge < -0.3 is 11.1 Å². The summed E-state index contributed by atoms with van der Waals surface area (Å²) >= 11 is 5.86. The standard InChI is InChI=1S/C13H20ClN3O/c1-10-8-11(14)4-5-12(10)16-13(18)9-17(2)7-3-6-15/h4-5,8H,3,6-7,9,15H2,1-2H3,(H,16,18). The first kappa shape index (κ1) is 15.0. The number of benzene rings is 1. The van der Waals surface area contributed by atoms with Crippen molar-refractivity contribution in [1.82, 2.24) is 4.90 Å². The maximum atomic E-state index is 11.8. The molecule has 100 valence electrons. The summed E-state index contributed by atoms with van der Waals surface area (Å²) in [4.78, 5) is 13.8. The third-order valence-electron chi connectivity index (χ3n) is 2.62. The van der Waals surface area contributed by atoms with Crippen molar-refractivity contribution < 1.29 is 4.79 Å². The first-order valence-corrected chi connectivity index (χ1v) is 6.35. The van der Waals surface area contributed by atoms with Crippen molar-refractivity contribution in [1.29, 1.82) is 0 Å². The number of nitrogens with two attached hydrogens (primary N) is 1. The van der Waals surface area contributed by atoms with Gasteiger partial charge >= 0.3 is 0 Å². The highest BCUT2D eigenvalue weighted by molar-refractivity contribution is 6.30. The molecule has 0 spiro atoms. The molecule has 3 N–H and O–H groups in total. The molecule has 0 fully saturated rings. The van der Waals surface area contributed by atoms with Crippen molar-refractivity contribution in [2.75, 3.05) is 32.0 Å². The predicted octanol–water partition coefficient (Wildman–Crippen LogP) is 1.87. The summed E-state index contributed by atoms with van der Waals surface area (Å²) in [7, 11) is 1.91. The van der Waals surface area contributed by atoms with Gasteiger partial charge in [0.1, 0.15) is 0 Å². The Morgan fingerprint density at radius 1 is 1.50 bits per heavy atom. The summed E-state index contributed by atoms with van der Waals surface area (Å²) in [6, 6.07) is 5.41. The van der Waals surface area contributed by atoms with Gasteiger partial charge in [-0.05, 0) is 57.2 Å². The number of hydrogen-bond donors (Lipinski definition) is 2. The number of amides is 1. The average molecular weight is 270 g/mol. The highest BCUT2D eigenvalue weighted by atomic mass is 35.5. The minimum Gasteiger partial charge on any atom is -0.330 e. The summed E-state index contributed by atoms with van der Waals surface area (Å²) < 4.78 is 0. The monoisotopic (exact) mass is 269 g/mol. The molecular weight excluding hydrogens is 250 g/mol. The van der Waals surface area contributed by atoms with Gasteiger partial charge in [0.25, 0.3) is 0 Å². The Bertz CT molecular complexity index is 409. The molecular formula is C13H20ClN3O. The summed E-state index contributed by atoms with van der Waals surface area (Å²) in [6.07, 6.45) is 0.893. The first-order valence-electron chi connectivity index (χ1n) is 5.97. The molecule has 0 aliphatic carbocycles. The molecule has 5 heteroatoms. The first-order chi connectivity index (χ1) is 8.52. The molecule has 0 bridgehead atoms. The molecule has 4 nitrogen and oxygen atoms in total. The fraction of sp³-hybridized carbons (Fsp3) is 0.462. The molecule has 1 rings (SSSR count). The zero-order valence-corrected chi connectivity index (χ0v) is 11.6. The minimum atomic E-state index is -0.0278. The lowest BCUT2D eigenvalue weighted by Crippen LogP contribution is -2.31. The number of nitrogens with zero attached hydrogens (tertiary/aromatic N) is 1. The van der Waals surface area contributed by atoms with Crippen LogP contribution in [0.1, 0.15) is 12.0 Å². The largest absolute Gasteiger partial charge is 0.330 e. The van der Waals surface area contributed by atoms with Crippen molar-refractivity contribution in [2.45, 2.75) is 13.3 Å². The van der Waals surface area contributed by atoms with E-state index in [0.29, 0.717) is 18.1 Å². The number of carbonyl (C=O) groups is 1. The Hall–Kier alpha value is -1.10. The molecule has 1 aromatic carbocycles. The van der Waals surface area contributed by atoms with Crippen molar-refractivity contribution in [3.8, 4) is 0 Å². The summed E-state index contributed by atoms with van der Waals surface area (Å²) in [5.74, 6) is -0.0278. The van der Waals surface area contributed by atoms with Crippen LogP contribution in [0.15, 0.2) is 18.2 Å². The van der Waals surface area contributed by atoms with E-state index in [1.807, 2.05) is 31.0 Å². The van der Waals surface area contributed by atoms with Gasteiger partial charge in [0.2, 0.25) is 5.91 Å². The lowest BCUT2D eigenvalue weighted by atomic mass is 10.2. The van der Waals surface area contributed by atoms with Crippen LogP contribution in [0.25, 0.3) is 0 Å². The maximum Gasteiger partial charge on any atom is 0.238 e. The van der Waals surface area contributed by atoms with Gasteiger partial charge in [-0.3, -0.25) is 9.69 Å². The van der Waals surface area contributed by atoms with Crippen LogP contribution in [-0.2, 0) is 4.79 Å². The number of rotatable bonds is 6. The Morgan fingerprint density at radius 2 is 2.22 bits per heavy atom. The van der Waals surface area contributed by atoms with Crippen molar-refractivity contribution in [3.63, 3.8) is 0 Å². The molecule has 18 heavy (non-hydrogen) atoms. The second-order valence-corrected chi connectivity index (χ2v) is 4.82. The van der Waals surface area contributed by atoms with Crippen LogP contribution in [-0.4, -0.2) is 37.5 Å². The molecule has 0 saturated heterocycles. The molecule has 0 saturated carbocycles. The fourth-order valence-corrected chi connectivity index (χ4v) is 1.87. The van der Waals surface area contributed by atoms with Gasteiger partial charge in [0.05, 0.1) is 6.54 Å². The number of nitrogens with one attached hydrogen (secondary N) is 1. The predicted molar refractivity (Wildman–Crippen MR) is 76.0 cm³/mol. The summed E-state index contributed by atoms with van der Waals surface area (Å²) in [5.41, 5.74) is 7.19. The Morgan fingerprint density at radius 3 is 2.83 bits per heavy atom. The fourth-order valence-electron chi connectivity index (χ4n) is 1.64. The zero-order valence-electron chi connectivity index (χ0n) is 10.9. The van der Waals surface area contributed by atoms with Gasteiger partial charge in [-0.15, -0.1) is 0 Å². The Balaban J connectivity index is 2.49. The minimum absolute atomic E-state index is 0.0278. The maximum absolute atomic E-state index is 11.8. The van der Waals surface area contributed by atoms with Gasteiger partial charge in [-0.1, -0.05) is 11.6 Å². The van der Waals surface area contributed by atoms with Crippen LogP contribution in [0.4, 0.5) is 5.69 Å². The van der Waals surface area contributed by atoms with E-state index in [4.69, 9.17) is 17.3 Å². The summed E-state index contributed by atoms with van der Waals surface area (Å²) in [6.45, 7) is 3.74. The van der Waals surface area contributed by atoms with E-state index in [1.165, 1.54) is 0 Å². The number of aryl methyl sites for hydroxylation is 1. The number of halogens is 1. The van der Waals surface area contributed by atoms with Crippen LogP contribution in [0.2, 0.25) is 5.02 Å². The lowest BCUT2D eigenvalue weighted by molar-refractivity contribution is -0.117. The molecule has 0 unspecified atom stereocenters. The molecule has 0 heterocycles. The Kier molecular flexibility index (Phi) is 6.12. The van der Waals surface area contributed by atoms with Crippen molar-refractivity contribution >= 4 is 23.2 Å². The van der Waals surface area contributed by atoms with Gasteiger partial charge in [-0.2, -0.15) is 0 Å². The molecule has 0 aliphatic heterocycles. The van der Waals surface area contributed by atoms with Crippen molar-refractivity contribution in [2.24, 2.45) is 5.73 Å². The number of carbonyl (C=O) groups excluding carboxylic acids is 1. The molecule has 0 aliphatic rings. The Labute approximate surface area is 113 Å². The van der Waals surface area contributed by atoms with E-state index in [0.717, 1.165) is 24.2 Å². The van der Waals surface area contributed by atoms with Crippen LogP contribution in [0.3, 0.4) is 0 Å². The van der Waals surface area contributed by atoms with E-state index in [-0.39, 0.29) is 5.91 Å². The van der Waals surface area contributed by atoms with E-state index >= 15 is 0 Å². The molecule has 1 aromatic rings. The lowest BCUT2D eigenvalue weighted by Gasteiger charge is -2.16. The van der Waals surface area contributed by atoms with E-state index < -0.39 is 0 Å². The van der Waals surface area contributed by atoms with E-state index in [2.05, 4.69) is 5.32 Å². The van der Waals surface area contributed by atoms with Crippen LogP contribution < -0.4 is 11.1 Å². The summed E-state index contributed by atoms with van der Waals surface area (Å²) in [5, 5.41) is 3.55. The third kappa shape index (κ3) is 5.04.